The number of rotatable bonds is 0. The molecule has 0 spiro atoms. The topological polar surface area (TPSA) is 0 Å². The first-order chi connectivity index (χ1) is 5.46. The van der Waals surface area contributed by atoms with Crippen LogP contribution in [0, 0.1) is 29.1 Å². The van der Waals surface area contributed by atoms with Gasteiger partial charge in [-0.2, -0.15) is 0 Å². The van der Waals surface area contributed by atoms with E-state index in [4.69, 9.17) is 0 Å². The van der Waals surface area contributed by atoms with Gasteiger partial charge in [0.2, 0.25) is 5.82 Å². The van der Waals surface area contributed by atoms with Gasteiger partial charge in [-0.15, -0.1) is 12.6 Å². The molecular formula is C6HF5SZn. The van der Waals surface area contributed by atoms with Crippen molar-refractivity contribution >= 4 is 12.6 Å². The van der Waals surface area contributed by atoms with Crippen LogP contribution in [0.2, 0.25) is 0 Å². The molecule has 0 aliphatic rings. The summed E-state index contributed by atoms with van der Waals surface area (Å²) in [5.74, 6) is -10.00. The molecule has 0 atom stereocenters. The fraction of sp³-hybridized carbons (Fsp3) is 0. The summed E-state index contributed by atoms with van der Waals surface area (Å²) in [5.41, 5.74) is 0. The molecule has 0 saturated heterocycles. The van der Waals surface area contributed by atoms with Gasteiger partial charge in [0, 0.05) is 19.5 Å². The van der Waals surface area contributed by atoms with E-state index in [1.807, 2.05) is 0 Å². The van der Waals surface area contributed by atoms with Gasteiger partial charge in [0.25, 0.3) is 0 Å². The maximum absolute atomic E-state index is 12.3. The summed E-state index contributed by atoms with van der Waals surface area (Å²) in [6.07, 6.45) is 0. The summed E-state index contributed by atoms with van der Waals surface area (Å²) in [6, 6.07) is 0. The smallest absolute Gasteiger partial charge is 0.200 e. The minimum Gasteiger partial charge on any atom is -0.202 e. The van der Waals surface area contributed by atoms with E-state index in [2.05, 4.69) is 12.6 Å². The van der Waals surface area contributed by atoms with Gasteiger partial charge in [0.1, 0.15) is 0 Å². The third-order valence-corrected chi connectivity index (χ3v) is 1.58. The zero-order valence-electron chi connectivity index (χ0n) is 6.04. The SMILES string of the molecule is Fc1c(F)c(F)c(S)c(F)c1F.[Zn]. The van der Waals surface area contributed by atoms with E-state index in [0.717, 1.165) is 0 Å². The second-order valence-electron chi connectivity index (χ2n) is 1.92. The molecule has 1 rings (SSSR count). The van der Waals surface area contributed by atoms with E-state index < -0.39 is 34.0 Å². The zero-order valence-corrected chi connectivity index (χ0v) is 9.91. The van der Waals surface area contributed by atoms with Crippen LogP contribution in [0.4, 0.5) is 22.0 Å². The number of halogens is 5. The molecule has 0 amide bonds. The Hall–Kier alpha value is -0.157. The van der Waals surface area contributed by atoms with Crippen LogP contribution in [-0.4, -0.2) is 0 Å². The zero-order chi connectivity index (χ0) is 9.46. The van der Waals surface area contributed by atoms with Gasteiger partial charge in [-0.25, -0.2) is 22.0 Å². The Morgan fingerprint density at radius 2 is 0.846 bits per heavy atom. The molecule has 0 N–H and O–H groups in total. The Balaban J connectivity index is 0.00000144. The Kier molecular flexibility index (Phi) is 4.32. The molecule has 0 aromatic heterocycles. The van der Waals surface area contributed by atoms with Crippen LogP contribution in [0.1, 0.15) is 0 Å². The van der Waals surface area contributed by atoms with Gasteiger partial charge < -0.3 is 0 Å². The average Bonchev–Trinajstić information content (AvgIpc) is 2.08. The van der Waals surface area contributed by atoms with Crippen molar-refractivity contribution in [1.29, 1.82) is 0 Å². The van der Waals surface area contributed by atoms with Crippen LogP contribution in [-0.2, 0) is 19.5 Å². The van der Waals surface area contributed by atoms with Crippen molar-refractivity contribution in [3.8, 4) is 0 Å². The quantitative estimate of drug-likeness (QED) is 0.241. The van der Waals surface area contributed by atoms with Gasteiger partial charge in [0.15, 0.2) is 23.3 Å². The third-order valence-electron chi connectivity index (χ3n) is 1.19. The molecule has 0 bridgehead atoms. The van der Waals surface area contributed by atoms with Crippen LogP contribution in [0.15, 0.2) is 4.90 Å². The average molecular weight is 266 g/mol. The molecule has 0 aliphatic heterocycles. The van der Waals surface area contributed by atoms with Gasteiger partial charge in [-0.3, -0.25) is 0 Å². The van der Waals surface area contributed by atoms with Crippen molar-refractivity contribution in [2.75, 3.05) is 0 Å². The summed E-state index contributed by atoms with van der Waals surface area (Å²) < 4.78 is 61.3. The van der Waals surface area contributed by atoms with E-state index in [9.17, 15) is 22.0 Å². The summed E-state index contributed by atoms with van der Waals surface area (Å²) in [4.78, 5) is -1.17. The van der Waals surface area contributed by atoms with Crippen molar-refractivity contribution in [3.05, 3.63) is 29.1 Å². The largest absolute Gasteiger partial charge is 0.202 e. The van der Waals surface area contributed by atoms with Crippen molar-refractivity contribution < 1.29 is 41.4 Å². The summed E-state index contributed by atoms with van der Waals surface area (Å²) in [6.45, 7) is 0. The Bertz CT molecular complexity index is 235. The first-order valence-corrected chi connectivity index (χ1v) is 3.12. The van der Waals surface area contributed by atoms with E-state index in [-0.39, 0.29) is 19.5 Å². The normalized spacial score (nSPS) is 9.69. The van der Waals surface area contributed by atoms with E-state index >= 15 is 0 Å². The van der Waals surface area contributed by atoms with E-state index in [0.29, 0.717) is 0 Å². The minimum atomic E-state index is -2.18. The Morgan fingerprint density at radius 1 is 0.615 bits per heavy atom. The second-order valence-corrected chi connectivity index (χ2v) is 2.37. The monoisotopic (exact) mass is 264 g/mol. The molecule has 13 heavy (non-hydrogen) atoms. The summed E-state index contributed by atoms with van der Waals surface area (Å²) in [5, 5.41) is 0. The van der Waals surface area contributed by atoms with Gasteiger partial charge in [0.05, 0.1) is 4.90 Å². The number of hydrogen-bond acceptors (Lipinski definition) is 1. The predicted octanol–water partition coefficient (Wildman–Crippen LogP) is 2.67. The van der Waals surface area contributed by atoms with Crippen LogP contribution in [0.5, 0.6) is 0 Å². The van der Waals surface area contributed by atoms with E-state index in [1.54, 1.807) is 0 Å². The second kappa shape index (κ2) is 4.37. The van der Waals surface area contributed by atoms with Crippen LogP contribution < -0.4 is 0 Å². The Labute approximate surface area is 88.3 Å². The molecule has 0 unspecified atom stereocenters. The molecule has 0 heterocycles. The molecule has 7 heteroatoms. The standard InChI is InChI=1S/C6HF5S.Zn/c7-1-2(8)4(10)6(12)5(11)3(1)9;/h12H;. The number of benzene rings is 1. The maximum Gasteiger partial charge on any atom is 0.200 e. The fourth-order valence-corrected chi connectivity index (χ4v) is 0.790. The summed E-state index contributed by atoms with van der Waals surface area (Å²) in [7, 11) is 0. The van der Waals surface area contributed by atoms with Gasteiger partial charge in [-0.1, -0.05) is 0 Å². The van der Waals surface area contributed by atoms with Gasteiger partial charge >= 0.3 is 0 Å². The molecule has 1 aromatic rings. The first-order valence-electron chi connectivity index (χ1n) is 2.67. The molecule has 0 aliphatic carbocycles. The van der Waals surface area contributed by atoms with Crippen molar-refractivity contribution in [3.63, 3.8) is 0 Å². The molecule has 68 valence electrons. The minimum absolute atomic E-state index is 0. The van der Waals surface area contributed by atoms with Crippen molar-refractivity contribution in [2.24, 2.45) is 0 Å². The number of thiol groups is 1. The van der Waals surface area contributed by atoms with Crippen molar-refractivity contribution in [1.82, 2.24) is 0 Å². The third kappa shape index (κ3) is 2.02. The van der Waals surface area contributed by atoms with Crippen LogP contribution in [0.3, 0.4) is 0 Å². The van der Waals surface area contributed by atoms with Crippen LogP contribution in [0.25, 0.3) is 0 Å². The maximum atomic E-state index is 12.3. The predicted molar refractivity (Wildman–Crippen MR) is 33.5 cm³/mol. The molecule has 1 aromatic carbocycles. The Morgan fingerprint density at radius 3 is 1.15 bits per heavy atom. The number of hydrogen-bond donors (Lipinski definition) is 1. The molecule has 0 nitrogen and oxygen atoms in total. The van der Waals surface area contributed by atoms with Crippen molar-refractivity contribution in [2.45, 2.75) is 4.90 Å². The van der Waals surface area contributed by atoms with Gasteiger partial charge in [-0.05, 0) is 0 Å². The van der Waals surface area contributed by atoms with E-state index in [1.165, 1.54) is 0 Å². The molecular weight excluding hydrogens is 265 g/mol. The summed E-state index contributed by atoms with van der Waals surface area (Å²) >= 11 is 3.10. The molecule has 0 saturated carbocycles. The fourth-order valence-electron chi connectivity index (χ4n) is 0.593. The first kappa shape index (κ1) is 12.8. The van der Waals surface area contributed by atoms with Crippen LogP contribution >= 0.6 is 12.6 Å². The molecule has 0 fully saturated rings. The molecule has 0 radical (unpaired) electrons.